The van der Waals surface area contributed by atoms with Crippen LogP contribution >= 0.6 is 0 Å². The molecule has 0 spiro atoms. The minimum Gasteiger partial charge on any atom is -0.449 e. The second-order valence-electron chi connectivity index (χ2n) is 5.83. The molecular formula is C19H17N5O3. The Balaban J connectivity index is 1.65. The van der Waals surface area contributed by atoms with E-state index in [4.69, 9.17) is 10.00 Å². The van der Waals surface area contributed by atoms with Gasteiger partial charge in [-0.3, -0.25) is 4.79 Å². The number of benzene rings is 2. The van der Waals surface area contributed by atoms with Crippen LogP contribution in [0.5, 0.6) is 0 Å². The highest BCUT2D eigenvalue weighted by Crippen LogP contribution is 2.15. The van der Waals surface area contributed by atoms with Crippen molar-refractivity contribution in [3.05, 3.63) is 53.6 Å². The predicted molar refractivity (Wildman–Crippen MR) is 97.9 cm³/mol. The van der Waals surface area contributed by atoms with Gasteiger partial charge in [0.1, 0.15) is 5.52 Å². The fraction of sp³-hybridized carbons (Fsp3) is 0.211. The third-order valence-electron chi connectivity index (χ3n) is 3.98. The van der Waals surface area contributed by atoms with Crippen molar-refractivity contribution in [2.75, 3.05) is 5.32 Å². The van der Waals surface area contributed by atoms with E-state index in [2.05, 4.69) is 15.6 Å². The van der Waals surface area contributed by atoms with Crippen LogP contribution in [0.2, 0.25) is 0 Å². The molecule has 0 saturated carbocycles. The molecule has 1 aromatic heterocycles. The van der Waals surface area contributed by atoms with E-state index >= 15 is 0 Å². The summed E-state index contributed by atoms with van der Waals surface area (Å²) in [5.41, 5.74) is 2.70. The van der Waals surface area contributed by atoms with Gasteiger partial charge in [-0.25, -0.2) is 9.48 Å². The third-order valence-corrected chi connectivity index (χ3v) is 3.98. The zero-order valence-corrected chi connectivity index (χ0v) is 14.8. The van der Waals surface area contributed by atoms with Crippen molar-refractivity contribution in [1.29, 1.82) is 5.26 Å². The molecule has 0 saturated heterocycles. The maximum Gasteiger partial charge on any atom is 0.338 e. The third kappa shape index (κ3) is 3.93. The number of hydrogen-bond donors (Lipinski definition) is 1. The van der Waals surface area contributed by atoms with E-state index in [9.17, 15) is 9.59 Å². The van der Waals surface area contributed by atoms with Gasteiger partial charge in [0, 0.05) is 12.2 Å². The molecule has 3 aromatic rings. The van der Waals surface area contributed by atoms with Crippen LogP contribution in [0.4, 0.5) is 5.69 Å². The van der Waals surface area contributed by atoms with Crippen LogP contribution in [0.25, 0.3) is 11.0 Å². The Morgan fingerprint density at radius 1 is 1.26 bits per heavy atom. The highest BCUT2D eigenvalue weighted by Gasteiger charge is 2.20. The molecule has 0 unspecified atom stereocenters. The molecular weight excluding hydrogens is 346 g/mol. The maximum atomic E-state index is 12.3. The number of carbonyl (C=O) groups excluding carboxylic acids is 2. The number of nitrogens with zero attached hydrogens (tertiary/aromatic N) is 4. The minimum absolute atomic E-state index is 0.295. The smallest absolute Gasteiger partial charge is 0.338 e. The maximum absolute atomic E-state index is 12.3. The number of nitrogens with one attached hydrogen (secondary N) is 1. The van der Waals surface area contributed by atoms with E-state index in [1.165, 1.54) is 6.92 Å². The molecule has 3 rings (SSSR count). The molecule has 0 aliphatic heterocycles. The normalized spacial score (nSPS) is 11.6. The van der Waals surface area contributed by atoms with Gasteiger partial charge in [0.2, 0.25) is 0 Å². The number of aromatic nitrogens is 3. The van der Waals surface area contributed by atoms with Crippen molar-refractivity contribution in [3.63, 3.8) is 0 Å². The van der Waals surface area contributed by atoms with Gasteiger partial charge in [0.15, 0.2) is 6.10 Å². The van der Waals surface area contributed by atoms with Crippen LogP contribution in [0.15, 0.2) is 42.5 Å². The Morgan fingerprint density at radius 2 is 2.00 bits per heavy atom. The Morgan fingerprint density at radius 3 is 2.67 bits per heavy atom. The number of nitriles is 1. The first-order chi connectivity index (χ1) is 13.0. The predicted octanol–water partition coefficient (Wildman–Crippen LogP) is 2.51. The quantitative estimate of drug-likeness (QED) is 0.698. The summed E-state index contributed by atoms with van der Waals surface area (Å²) in [6.45, 7) is 4.11. The van der Waals surface area contributed by atoms with Crippen molar-refractivity contribution < 1.29 is 14.3 Å². The lowest BCUT2D eigenvalue weighted by Gasteiger charge is -2.13. The van der Waals surface area contributed by atoms with Gasteiger partial charge in [0.05, 0.1) is 22.7 Å². The molecule has 1 atom stereocenters. The minimum atomic E-state index is -0.991. The van der Waals surface area contributed by atoms with Crippen molar-refractivity contribution in [2.45, 2.75) is 26.5 Å². The van der Waals surface area contributed by atoms with Gasteiger partial charge in [-0.05, 0) is 56.3 Å². The van der Waals surface area contributed by atoms with E-state index in [0.29, 0.717) is 28.9 Å². The molecule has 0 radical (unpaired) electrons. The summed E-state index contributed by atoms with van der Waals surface area (Å²) in [6.07, 6.45) is -0.991. The van der Waals surface area contributed by atoms with Crippen molar-refractivity contribution in [3.8, 4) is 6.07 Å². The second kappa shape index (κ2) is 7.66. The molecule has 8 nitrogen and oxygen atoms in total. The van der Waals surface area contributed by atoms with Gasteiger partial charge >= 0.3 is 5.97 Å². The van der Waals surface area contributed by atoms with E-state index < -0.39 is 18.0 Å². The lowest BCUT2D eigenvalue weighted by atomic mass is 10.2. The topological polar surface area (TPSA) is 110 Å². The monoisotopic (exact) mass is 363 g/mol. The van der Waals surface area contributed by atoms with Crippen molar-refractivity contribution >= 4 is 28.6 Å². The summed E-state index contributed by atoms with van der Waals surface area (Å²) in [5, 5.41) is 19.4. The van der Waals surface area contributed by atoms with Gasteiger partial charge in [-0.15, -0.1) is 5.10 Å². The van der Waals surface area contributed by atoms with Crippen molar-refractivity contribution in [2.24, 2.45) is 0 Å². The van der Waals surface area contributed by atoms with E-state index in [0.717, 1.165) is 5.52 Å². The fourth-order valence-electron chi connectivity index (χ4n) is 2.49. The number of carbonyl (C=O) groups is 2. The Kier molecular flexibility index (Phi) is 5.13. The number of rotatable bonds is 5. The van der Waals surface area contributed by atoms with Gasteiger partial charge in [-0.1, -0.05) is 5.21 Å². The largest absolute Gasteiger partial charge is 0.449 e. The summed E-state index contributed by atoms with van der Waals surface area (Å²) >= 11 is 0. The van der Waals surface area contributed by atoms with Crippen LogP contribution in [-0.4, -0.2) is 33.0 Å². The van der Waals surface area contributed by atoms with Gasteiger partial charge < -0.3 is 10.1 Å². The first kappa shape index (κ1) is 18.1. The zero-order chi connectivity index (χ0) is 19.4. The molecule has 0 bridgehead atoms. The van der Waals surface area contributed by atoms with Crippen LogP contribution in [0, 0.1) is 11.3 Å². The molecule has 27 heavy (non-hydrogen) atoms. The van der Waals surface area contributed by atoms with Crippen LogP contribution < -0.4 is 5.32 Å². The second-order valence-corrected chi connectivity index (χ2v) is 5.83. The number of ether oxygens (including phenoxy) is 1. The number of fused-ring (bicyclic) bond motifs is 1. The molecule has 1 heterocycles. The average molecular weight is 363 g/mol. The highest BCUT2D eigenvalue weighted by atomic mass is 16.5. The summed E-state index contributed by atoms with van der Waals surface area (Å²) in [6, 6.07) is 13.3. The molecule has 0 fully saturated rings. The average Bonchev–Trinajstić information content (AvgIpc) is 3.10. The number of amides is 1. The summed E-state index contributed by atoms with van der Waals surface area (Å²) in [7, 11) is 0. The Hall–Kier alpha value is -3.73. The van der Waals surface area contributed by atoms with Crippen molar-refractivity contribution in [1.82, 2.24) is 15.0 Å². The molecule has 8 heteroatoms. The zero-order valence-electron chi connectivity index (χ0n) is 14.8. The SMILES string of the molecule is CCn1nnc2cc(C(=O)O[C@H](C)C(=O)Nc3ccc(C#N)cc3)ccc21. The molecule has 1 N–H and O–H groups in total. The molecule has 1 amide bonds. The van der Waals surface area contributed by atoms with E-state index in [-0.39, 0.29) is 0 Å². The molecule has 136 valence electrons. The lowest BCUT2D eigenvalue weighted by molar-refractivity contribution is -0.123. The van der Waals surface area contributed by atoms with Gasteiger partial charge in [0.25, 0.3) is 5.91 Å². The van der Waals surface area contributed by atoms with E-state index in [1.54, 1.807) is 47.1 Å². The first-order valence-electron chi connectivity index (χ1n) is 8.37. The summed E-state index contributed by atoms with van der Waals surface area (Å²) in [5.74, 6) is -1.09. The number of hydrogen-bond acceptors (Lipinski definition) is 6. The molecule has 0 aliphatic carbocycles. The molecule has 0 aliphatic rings. The first-order valence-corrected chi connectivity index (χ1v) is 8.37. The highest BCUT2D eigenvalue weighted by molar-refractivity contribution is 5.98. The summed E-state index contributed by atoms with van der Waals surface area (Å²) in [4.78, 5) is 24.5. The summed E-state index contributed by atoms with van der Waals surface area (Å²) < 4.78 is 6.96. The van der Waals surface area contributed by atoms with E-state index in [1.807, 2.05) is 13.0 Å². The standard InChI is InChI=1S/C19H17N5O3/c1-3-24-17-9-6-14(10-16(17)22-23-24)19(26)27-12(2)18(25)21-15-7-4-13(11-20)5-8-15/h4-10,12H,3H2,1-2H3,(H,21,25)/t12-/m1/s1. The van der Waals surface area contributed by atoms with Crippen LogP contribution in [-0.2, 0) is 16.1 Å². The number of anilines is 1. The number of esters is 1. The number of aryl methyl sites for hydroxylation is 1. The fourth-order valence-corrected chi connectivity index (χ4v) is 2.49. The Bertz CT molecular complexity index is 1030. The molecule has 2 aromatic carbocycles. The van der Waals surface area contributed by atoms with Crippen LogP contribution in [0.1, 0.15) is 29.8 Å². The van der Waals surface area contributed by atoms with Gasteiger partial charge in [-0.2, -0.15) is 5.26 Å². The van der Waals surface area contributed by atoms with Crippen LogP contribution in [0.3, 0.4) is 0 Å². The lowest BCUT2D eigenvalue weighted by Crippen LogP contribution is -2.30. The Labute approximate surface area is 155 Å².